The molecule has 0 atom stereocenters. The minimum absolute atomic E-state index is 0.360. The molecule has 1 amide bonds. The fourth-order valence-corrected chi connectivity index (χ4v) is 2.12. The van der Waals surface area contributed by atoms with E-state index in [4.69, 9.17) is 14.0 Å². The van der Waals surface area contributed by atoms with Crippen molar-refractivity contribution in [3.63, 3.8) is 0 Å². The molecule has 2 heterocycles. The van der Waals surface area contributed by atoms with Crippen molar-refractivity contribution < 1.29 is 18.8 Å². The minimum Gasteiger partial charge on any atom is -0.486 e. The molecular formula is C15H16N2O4. The molecule has 21 heavy (non-hydrogen) atoms. The van der Waals surface area contributed by atoms with Crippen LogP contribution in [-0.2, 0) is 11.3 Å². The molecule has 6 heteroatoms. The van der Waals surface area contributed by atoms with Gasteiger partial charge in [0.1, 0.15) is 24.2 Å². The third kappa shape index (κ3) is 2.69. The highest BCUT2D eigenvalue weighted by atomic mass is 16.6. The van der Waals surface area contributed by atoms with Crippen molar-refractivity contribution in [2.75, 3.05) is 5.32 Å². The number of para-hydroxylation sites is 1. The number of hydrogen-bond donors (Lipinski definition) is 1. The summed E-state index contributed by atoms with van der Waals surface area (Å²) in [6.07, 6.45) is 1.04. The number of anilines is 1. The first-order chi connectivity index (χ1) is 9.94. The number of nitrogens with one attached hydrogen (secondary N) is 1. The molecule has 1 N–H and O–H groups in total. The van der Waals surface area contributed by atoms with Crippen LogP contribution in [0.5, 0.6) is 5.75 Å². The Morgan fingerprint density at radius 1 is 1.38 bits per heavy atom. The van der Waals surface area contributed by atoms with Crippen molar-refractivity contribution in [2.45, 2.75) is 33.0 Å². The summed E-state index contributed by atoms with van der Waals surface area (Å²) >= 11 is 0. The number of rotatable bonds is 1. The van der Waals surface area contributed by atoms with Gasteiger partial charge >= 0.3 is 6.09 Å². The summed E-state index contributed by atoms with van der Waals surface area (Å²) < 4.78 is 15.9. The number of fused-ring (bicyclic) bond motifs is 3. The van der Waals surface area contributed by atoms with Crippen LogP contribution in [0, 0.1) is 0 Å². The summed E-state index contributed by atoms with van der Waals surface area (Å²) in [5.41, 5.74) is 2.41. The lowest BCUT2D eigenvalue weighted by molar-refractivity contribution is 0.0635. The van der Waals surface area contributed by atoms with Crippen molar-refractivity contribution in [3.8, 4) is 17.0 Å². The molecule has 0 radical (unpaired) electrons. The second kappa shape index (κ2) is 4.80. The minimum atomic E-state index is -0.556. The first kappa shape index (κ1) is 13.5. The van der Waals surface area contributed by atoms with E-state index >= 15 is 0 Å². The van der Waals surface area contributed by atoms with Crippen molar-refractivity contribution in [2.24, 2.45) is 0 Å². The monoisotopic (exact) mass is 288 g/mol. The van der Waals surface area contributed by atoms with E-state index in [1.54, 1.807) is 12.3 Å². The Kier molecular flexibility index (Phi) is 3.08. The van der Waals surface area contributed by atoms with Gasteiger partial charge in [0.15, 0.2) is 5.75 Å². The van der Waals surface area contributed by atoms with Crippen molar-refractivity contribution >= 4 is 11.8 Å². The predicted octanol–water partition coefficient (Wildman–Crippen LogP) is 3.58. The van der Waals surface area contributed by atoms with Crippen LogP contribution in [-0.4, -0.2) is 16.9 Å². The van der Waals surface area contributed by atoms with Crippen LogP contribution in [0.1, 0.15) is 26.3 Å². The molecule has 1 aromatic carbocycles. The molecule has 0 aliphatic carbocycles. The van der Waals surface area contributed by atoms with Gasteiger partial charge in [0.25, 0.3) is 0 Å². The summed E-state index contributed by atoms with van der Waals surface area (Å²) in [4.78, 5) is 11.9. The molecule has 1 aliphatic heterocycles. The molecule has 6 nitrogen and oxygen atoms in total. The largest absolute Gasteiger partial charge is 0.486 e. The van der Waals surface area contributed by atoms with Crippen molar-refractivity contribution in [3.05, 3.63) is 30.0 Å². The smallest absolute Gasteiger partial charge is 0.412 e. The standard InChI is InChI=1S/C15H16N2O4/c1-15(2,3)21-14(18)16-11-6-4-5-10-12-9(8-20-17-12)7-19-13(10)11/h4-6,8H,7H2,1-3H3,(H,16,18). The third-order valence-corrected chi connectivity index (χ3v) is 2.92. The molecule has 0 fully saturated rings. The normalized spacial score (nSPS) is 12.9. The van der Waals surface area contributed by atoms with Gasteiger partial charge in [-0.3, -0.25) is 5.32 Å². The average Bonchev–Trinajstić information content (AvgIpc) is 2.85. The second-order valence-electron chi connectivity index (χ2n) is 5.79. The van der Waals surface area contributed by atoms with Gasteiger partial charge in [-0.05, 0) is 32.9 Å². The molecule has 2 aromatic rings. The quantitative estimate of drug-likeness (QED) is 0.868. The maximum absolute atomic E-state index is 11.9. The zero-order valence-electron chi connectivity index (χ0n) is 12.1. The lowest BCUT2D eigenvalue weighted by atomic mass is 10.0. The number of hydrogen-bond acceptors (Lipinski definition) is 5. The van der Waals surface area contributed by atoms with E-state index in [0.29, 0.717) is 18.0 Å². The molecule has 3 rings (SSSR count). The SMILES string of the molecule is CC(C)(C)OC(=O)Nc1cccc2c1OCc1conc1-2. The Labute approximate surface area is 122 Å². The Hall–Kier alpha value is -2.50. The van der Waals surface area contributed by atoms with Crippen molar-refractivity contribution in [1.29, 1.82) is 0 Å². The summed E-state index contributed by atoms with van der Waals surface area (Å²) in [6.45, 7) is 5.79. The van der Waals surface area contributed by atoms with Crippen LogP contribution in [0.2, 0.25) is 0 Å². The first-order valence-corrected chi connectivity index (χ1v) is 6.63. The van der Waals surface area contributed by atoms with Gasteiger partial charge in [-0.25, -0.2) is 4.79 Å². The van der Waals surface area contributed by atoms with Gasteiger partial charge in [-0.2, -0.15) is 0 Å². The number of ether oxygens (including phenoxy) is 2. The topological polar surface area (TPSA) is 73.6 Å². The Morgan fingerprint density at radius 3 is 2.95 bits per heavy atom. The molecule has 0 spiro atoms. The lowest BCUT2D eigenvalue weighted by Gasteiger charge is -2.22. The number of benzene rings is 1. The van der Waals surface area contributed by atoms with Crippen LogP contribution < -0.4 is 10.1 Å². The summed E-state index contributed by atoms with van der Waals surface area (Å²) in [6, 6.07) is 5.45. The van der Waals surface area contributed by atoms with Gasteiger partial charge in [-0.1, -0.05) is 11.2 Å². The Morgan fingerprint density at radius 2 is 2.19 bits per heavy atom. The number of amides is 1. The second-order valence-corrected chi connectivity index (χ2v) is 5.79. The van der Waals surface area contributed by atoms with E-state index < -0.39 is 11.7 Å². The Balaban J connectivity index is 1.89. The molecule has 0 saturated heterocycles. The predicted molar refractivity (Wildman–Crippen MR) is 76.1 cm³/mol. The summed E-state index contributed by atoms with van der Waals surface area (Å²) in [5, 5.41) is 6.68. The van der Waals surface area contributed by atoms with Crippen molar-refractivity contribution in [1.82, 2.24) is 5.16 Å². The lowest BCUT2D eigenvalue weighted by Crippen LogP contribution is -2.27. The number of carbonyl (C=O) groups is 1. The van der Waals surface area contributed by atoms with E-state index in [1.807, 2.05) is 32.9 Å². The molecule has 0 saturated carbocycles. The van der Waals surface area contributed by atoms with Gasteiger partial charge in [-0.15, -0.1) is 0 Å². The zero-order chi connectivity index (χ0) is 15.0. The fourth-order valence-electron chi connectivity index (χ4n) is 2.12. The van der Waals surface area contributed by atoms with E-state index in [1.165, 1.54) is 0 Å². The Bertz CT molecular complexity index is 685. The highest BCUT2D eigenvalue weighted by Crippen LogP contribution is 2.41. The summed E-state index contributed by atoms with van der Waals surface area (Å²) in [5.74, 6) is 0.574. The molecule has 1 aromatic heterocycles. The van der Waals surface area contributed by atoms with Crippen LogP contribution in [0.4, 0.5) is 10.5 Å². The summed E-state index contributed by atoms with van der Waals surface area (Å²) in [7, 11) is 0. The highest BCUT2D eigenvalue weighted by molar-refractivity contribution is 5.90. The van der Waals surface area contributed by atoms with Crippen LogP contribution >= 0.6 is 0 Å². The first-order valence-electron chi connectivity index (χ1n) is 6.63. The highest BCUT2D eigenvalue weighted by Gasteiger charge is 2.25. The number of carbonyl (C=O) groups excluding carboxylic acids is 1. The fraction of sp³-hybridized carbons (Fsp3) is 0.333. The zero-order valence-corrected chi connectivity index (χ0v) is 12.1. The van der Waals surface area contributed by atoms with E-state index in [2.05, 4.69) is 10.5 Å². The van der Waals surface area contributed by atoms with E-state index in [-0.39, 0.29) is 0 Å². The van der Waals surface area contributed by atoms with Gasteiger partial charge in [0.05, 0.1) is 11.3 Å². The van der Waals surface area contributed by atoms with Gasteiger partial charge < -0.3 is 14.0 Å². The molecule has 1 aliphatic rings. The van der Waals surface area contributed by atoms with Gasteiger partial charge in [0.2, 0.25) is 0 Å². The maximum atomic E-state index is 11.9. The maximum Gasteiger partial charge on any atom is 0.412 e. The van der Waals surface area contributed by atoms with Crippen LogP contribution in [0.25, 0.3) is 11.3 Å². The molecule has 110 valence electrons. The average molecular weight is 288 g/mol. The van der Waals surface area contributed by atoms with Crippen LogP contribution in [0.3, 0.4) is 0 Å². The molecule has 0 unspecified atom stereocenters. The van der Waals surface area contributed by atoms with Gasteiger partial charge in [0, 0.05) is 5.56 Å². The number of nitrogens with zero attached hydrogens (tertiary/aromatic N) is 1. The van der Waals surface area contributed by atoms with E-state index in [9.17, 15) is 4.79 Å². The number of aromatic nitrogens is 1. The third-order valence-electron chi connectivity index (χ3n) is 2.92. The molecular weight excluding hydrogens is 272 g/mol. The van der Waals surface area contributed by atoms with Crippen LogP contribution in [0.15, 0.2) is 29.0 Å². The molecule has 0 bridgehead atoms. The van der Waals surface area contributed by atoms with E-state index in [0.717, 1.165) is 16.8 Å².